The number of nitrogens with one attached hydrogen (secondary N) is 2. The number of benzene rings is 1. The van der Waals surface area contributed by atoms with E-state index in [1.165, 1.54) is 18.3 Å². The number of aliphatic hydroxyl groups is 1. The van der Waals surface area contributed by atoms with E-state index in [0.717, 1.165) is 17.8 Å². The third-order valence-corrected chi connectivity index (χ3v) is 3.65. The molecule has 0 radical (unpaired) electrons. The zero-order valence-electron chi connectivity index (χ0n) is 11.8. The molecule has 0 saturated carbocycles. The smallest absolute Gasteiger partial charge is 0.315 e. The normalized spacial score (nSPS) is 13.5. The van der Waals surface area contributed by atoms with Crippen LogP contribution in [0.2, 0.25) is 0 Å². The Kier molecular flexibility index (Phi) is 5.04. The first-order valence-electron chi connectivity index (χ1n) is 6.45. The van der Waals surface area contributed by atoms with E-state index in [0.29, 0.717) is 6.07 Å². The maximum absolute atomic E-state index is 13.7. The second kappa shape index (κ2) is 6.80. The van der Waals surface area contributed by atoms with E-state index in [1.54, 1.807) is 10.9 Å². The van der Waals surface area contributed by atoms with Gasteiger partial charge in [0.15, 0.2) is 0 Å². The summed E-state index contributed by atoms with van der Waals surface area (Å²) in [6.07, 6.45) is 0. The maximum Gasteiger partial charge on any atom is 0.315 e. The van der Waals surface area contributed by atoms with Crippen LogP contribution in [0.1, 0.15) is 18.2 Å². The van der Waals surface area contributed by atoms with Crippen LogP contribution in [-0.4, -0.2) is 22.7 Å². The molecular weight excluding hydrogens is 312 g/mol. The standard InChI is InChI=1S/C14H15F2N3O2S/c1-14(21,11-3-2-9(15)4-12(11)16)7-18-13(20)17-5-10-6-22-8-19-10/h2-4,6,8,21H,5,7H2,1H3,(H2,17,18,20). The van der Waals surface area contributed by atoms with Crippen molar-refractivity contribution in [1.82, 2.24) is 15.6 Å². The van der Waals surface area contributed by atoms with Crippen LogP contribution < -0.4 is 10.6 Å². The van der Waals surface area contributed by atoms with E-state index >= 15 is 0 Å². The summed E-state index contributed by atoms with van der Waals surface area (Å²) in [5, 5.41) is 17.0. The highest BCUT2D eigenvalue weighted by Crippen LogP contribution is 2.23. The highest BCUT2D eigenvalue weighted by Gasteiger charge is 2.27. The van der Waals surface area contributed by atoms with Crippen molar-refractivity contribution in [2.45, 2.75) is 19.1 Å². The molecule has 1 aromatic heterocycles. The Balaban J connectivity index is 1.90. The molecule has 1 unspecified atom stereocenters. The van der Waals surface area contributed by atoms with Crippen molar-refractivity contribution in [2.75, 3.05) is 6.54 Å². The van der Waals surface area contributed by atoms with E-state index in [2.05, 4.69) is 15.6 Å². The Morgan fingerprint density at radius 3 is 2.82 bits per heavy atom. The van der Waals surface area contributed by atoms with Gasteiger partial charge in [-0.15, -0.1) is 11.3 Å². The Hall–Kier alpha value is -2.06. The number of rotatable bonds is 5. The molecule has 3 N–H and O–H groups in total. The van der Waals surface area contributed by atoms with Crippen LogP contribution in [0.25, 0.3) is 0 Å². The van der Waals surface area contributed by atoms with Crippen LogP contribution in [0.3, 0.4) is 0 Å². The Labute approximate surface area is 130 Å². The zero-order valence-corrected chi connectivity index (χ0v) is 12.6. The molecule has 118 valence electrons. The number of urea groups is 1. The van der Waals surface area contributed by atoms with Gasteiger partial charge in [-0.1, -0.05) is 6.07 Å². The topological polar surface area (TPSA) is 74.2 Å². The highest BCUT2D eigenvalue weighted by atomic mass is 32.1. The van der Waals surface area contributed by atoms with E-state index < -0.39 is 23.3 Å². The fourth-order valence-corrected chi connectivity index (χ4v) is 2.39. The van der Waals surface area contributed by atoms with Gasteiger partial charge in [0.05, 0.1) is 24.3 Å². The van der Waals surface area contributed by atoms with Gasteiger partial charge in [0.2, 0.25) is 0 Å². The zero-order chi connectivity index (χ0) is 16.2. The summed E-state index contributed by atoms with van der Waals surface area (Å²) in [7, 11) is 0. The number of hydrogen-bond donors (Lipinski definition) is 3. The van der Waals surface area contributed by atoms with E-state index in [-0.39, 0.29) is 18.7 Å². The second-order valence-electron chi connectivity index (χ2n) is 4.91. The third kappa shape index (κ3) is 4.22. The minimum atomic E-state index is -1.66. The summed E-state index contributed by atoms with van der Waals surface area (Å²) in [4.78, 5) is 15.6. The van der Waals surface area contributed by atoms with E-state index in [9.17, 15) is 18.7 Å². The van der Waals surface area contributed by atoms with Gasteiger partial charge in [-0.3, -0.25) is 0 Å². The number of aromatic nitrogens is 1. The molecule has 0 bridgehead atoms. The predicted octanol–water partition coefficient (Wildman–Crippen LogP) is 2.13. The van der Waals surface area contributed by atoms with Crippen LogP contribution in [0.5, 0.6) is 0 Å². The van der Waals surface area contributed by atoms with E-state index in [4.69, 9.17) is 0 Å². The molecule has 0 aliphatic carbocycles. The number of halogens is 2. The molecule has 2 aromatic rings. The van der Waals surface area contributed by atoms with Gasteiger partial charge in [0, 0.05) is 17.0 Å². The molecule has 5 nitrogen and oxygen atoms in total. The van der Waals surface area contributed by atoms with Crippen molar-refractivity contribution in [1.29, 1.82) is 0 Å². The predicted molar refractivity (Wildman–Crippen MR) is 78.3 cm³/mol. The summed E-state index contributed by atoms with van der Waals surface area (Å²) >= 11 is 1.41. The van der Waals surface area contributed by atoms with Crippen LogP contribution in [0, 0.1) is 11.6 Å². The van der Waals surface area contributed by atoms with E-state index in [1.807, 2.05) is 0 Å². The van der Waals surface area contributed by atoms with Crippen molar-refractivity contribution in [3.8, 4) is 0 Å². The molecule has 2 amide bonds. The lowest BCUT2D eigenvalue weighted by Crippen LogP contribution is -2.43. The lowest BCUT2D eigenvalue weighted by molar-refractivity contribution is 0.0555. The number of carbonyl (C=O) groups is 1. The molecule has 1 heterocycles. The van der Waals surface area contributed by atoms with Crippen molar-refractivity contribution in [3.05, 3.63) is 52.0 Å². The molecule has 0 fully saturated rings. The van der Waals surface area contributed by atoms with Gasteiger partial charge in [0.1, 0.15) is 17.2 Å². The molecular formula is C14H15F2N3O2S. The fourth-order valence-electron chi connectivity index (χ4n) is 1.83. The molecule has 1 aromatic carbocycles. The first-order chi connectivity index (χ1) is 10.4. The monoisotopic (exact) mass is 327 g/mol. The quantitative estimate of drug-likeness (QED) is 0.787. The third-order valence-electron chi connectivity index (χ3n) is 3.02. The van der Waals surface area contributed by atoms with Crippen LogP contribution in [0.4, 0.5) is 13.6 Å². The van der Waals surface area contributed by atoms with Crippen LogP contribution in [-0.2, 0) is 12.1 Å². The van der Waals surface area contributed by atoms with Gasteiger partial charge in [0.25, 0.3) is 0 Å². The lowest BCUT2D eigenvalue weighted by Gasteiger charge is -2.24. The SMILES string of the molecule is CC(O)(CNC(=O)NCc1cscn1)c1ccc(F)cc1F. The van der Waals surface area contributed by atoms with Crippen molar-refractivity contribution >= 4 is 17.4 Å². The number of hydrogen-bond acceptors (Lipinski definition) is 4. The van der Waals surface area contributed by atoms with Gasteiger partial charge >= 0.3 is 6.03 Å². The molecule has 22 heavy (non-hydrogen) atoms. The highest BCUT2D eigenvalue weighted by molar-refractivity contribution is 7.07. The Bertz CT molecular complexity index is 648. The Morgan fingerprint density at radius 2 is 2.18 bits per heavy atom. The summed E-state index contributed by atoms with van der Waals surface area (Å²) in [6.45, 7) is 1.37. The molecule has 1 atom stereocenters. The van der Waals surface area contributed by atoms with Gasteiger partial charge < -0.3 is 15.7 Å². The first kappa shape index (κ1) is 16.3. The summed E-state index contributed by atoms with van der Waals surface area (Å²) < 4.78 is 26.5. The molecule has 2 rings (SSSR count). The molecule has 0 aliphatic heterocycles. The molecule has 8 heteroatoms. The Morgan fingerprint density at radius 1 is 1.41 bits per heavy atom. The first-order valence-corrected chi connectivity index (χ1v) is 7.39. The van der Waals surface area contributed by atoms with Gasteiger partial charge in [-0.25, -0.2) is 18.6 Å². The van der Waals surface area contributed by atoms with Crippen molar-refractivity contribution < 1.29 is 18.7 Å². The fraction of sp³-hybridized carbons (Fsp3) is 0.286. The summed E-state index contributed by atoms with van der Waals surface area (Å²) in [5.74, 6) is -1.60. The van der Waals surface area contributed by atoms with Gasteiger partial charge in [-0.05, 0) is 13.0 Å². The second-order valence-corrected chi connectivity index (χ2v) is 5.63. The number of carbonyl (C=O) groups excluding carboxylic acids is 1. The molecule has 0 aliphatic rings. The number of amides is 2. The average Bonchev–Trinajstić information content (AvgIpc) is 2.96. The maximum atomic E-state index is 13.7. The minimum Gasteiger partial charge on any atom is -0.383 e. The lowest BCUT2D eigenvalue weighted by atomic mass is 9.95. The average molecular weight is 327 g/mol. The largest absolute Gasteiger partial charge is 0.383 e. The number of thiazole rings is 1. The number of nitrogens with zero attached hydrogens (tertiary/aromatic N) is 1. The van der Waals surface area contributed by atoms with Crippen molar-refractivity contribution in [2.24, 2.45) is 0 Å². The molecule has 0 spiro atoms. The van der Waals surface area contributed by atoms with Crippen LogP contribution >= 0.6 is 11.3 Å². The summed E-state index contributed by atoms with van der Waals surface area (Å²) in [5.41, 5.74) is 0.623. The van der Waals surface area contributed by atoms with Crippen molar-refractivity contribution in [3.63, 3.8) is 0 Å². The van der Waals surface area contributed by atoms with Crippen LogP contribution in [0.15, 0.2) is 29.1 Å². The minimum absolute atomic E-state index is 0.0892. The molecule has 0 saturated heterocycles. The summed E-state index contributed by atoms with van der Waals surface area (Å²) in [6, 6.07) is 2.37. The van der Waals surface area contributed by atoms with Gasteiger partial charge in [-0.2, -0.15) is 0 Å².